The van der Waals surface area contributed by atoms with E-state index in [-0.39, 0.29) is 11.8 Å². The van der Waals surface area contributed by atoms with Crippen molar-refractivity contribution < 1.29 is 9.53 Å². The van der Waals surface area contributed by atoms with Gasteiger partial charge in [0.2, 0.25) is 11.8 Å². The molecule has 1 N–H and O–H groups in total. The largest absolute Gasteiger partial charge is 0.439 e. The maximum absolute atomic E-state index is 11.7. The van der Waals surface area contributed by atoms with E-state index in [1.165, 1.54) is 6.92 Å². The van der Waals surface area contributed by atoms with E-state index in [1.807, 2.05) is 54.6 Å². The summed E-state index contributed by atoms with van der Waals surface area (Å²) in [6.07, 6.45) is 0. The Balaban J connectivity index is 2.04. The molecule has 6 heteroatoms. The van der Waals surface area contributed by atoms with Crippen molar-refractivity contribution in [2.75, 3.05) is 0 Å². The van der Waals surface area contributed by atoms with Gasteiger partial charge in [-0.2, -0.15) is 5.26 Å². The van der Waals surface area contributed by atoms with Gasteiger partial charge in [0.15, 0.2) is 0 Å². The average Bonchev–Trinajstić information content (AvgIpc) is 2.68. The standard InChI is InChI=1S/C22H14BrClN2O2/c1-12(27)26-22-18(11-25)20(13-6-8-14(23)9-7-13)17-10-19(24)15-4-2-3-5-16(15)21(17)28-22/h2-10,20H,1H3,(H,26,27)/t20-/m0/s1. The third-order valence-corrected chi connectivity index (χ3v) is 5.48. The molecule has 4 nitrogen and oxygen atoms in total. The Morgan fingerprint density at radius 2 is 1.86 bits per heavy atom. The molecule has 3 aromatic carbocycles. The van der Waals surface area contributed by atoms with Gasteiger partial charge in [-0.3, -0.25) is 10.1 Å². The molecule has 138 valence electrons. The molecule has 0 spiro atoms. The highest BCUT2D eigenvalue weighted by Crippen LogP contribution is 2.47. The number of allylic oxidation sites excluding steroid dienone is 1. The zero-order valence-electron chi connectivity index (χ0n) is 14.8. The molecule has 0 unspecified atom stereocenters. The summed E-state index contributed by atoms with van der Waals surface area (Å²) in [4.78, 5) is 11.7. The lowest BCUT2D eigenvalue weighted by atomic mass is 9.82. The minimum Gasteiger partial charge on any atom is -0.439 e. The zero-order chi connectivity index (χ0) is 19.8. The van der Waals surface area contributed by atoms with Gasteiger partial charge in [-0.15, -0.1) is 0 Å². The van der Waals surface area contributed by atoms with Crippen LogP contribution in [0.2, 0.25) is 5.02 Å². The van der Waals surface area contributed by atoms with Gasteiger partial charge in [0.1, 0.15) is 17.4 Å². The summed E-state index contributed by atoms with van der Waals surface area (Å²) in [5.74, 6) is 0.0309. The van der Waals surface area contributed by atoms with Crippen molar-refractivity contribution in [2.45, 2.75) is 12.8 Å². The van der Waals surface area contributed by atoms with Crippen LogP contribution in [0.3, 0.4) is 0 Å². The normalized spacial score (nSPS) is 15.6. The van der Waals surface area contributed by atoms with Crippen molar-refractivity contribution in [3.8, 4) is 11.8 Å². The maximum Gasteiger partial charge on any atom is 0.223 e. The second-order valence-electron chi connectivity index (χ2n) is 6.44. The zero-order valence-corrected chi connectivity index (χ0v) is 17.1. The molecule has 4 rings (SSSR count). The number of carbonyl (C=O) groups is 1. The molecule has 1 heterocycles. The molecule has 1 aliphatic heterocycles. The first-order valence-corrected chi connectivity index (χ1v) is 9.73. The molecule has 1 aliphatic rings. The Hall–Kier alpha value is -2.81. The number of nitrogens with zero attached hydrogens (tertiary/aromatic N) is 1. The summed E-state index contributed by atoms with van der Waals surface area (Å²) in [7, 11) is 0. The van der Waals surface area contributed by atoms with E-state index >= 15 is 0 Å². The summed E-state index contributed by atoms with van der Waals surface area (Å²) in [5, 5.41) is 14.8. The maximum atomic E-state index is 11.7. The quantitative estimate of drug-likeness (QED) is 0.545. The molecule has 3 aromatic rings. The summed E-state index contributed by atoms with van der Waals surface area (Å²) in [6.45, 7) is 1.38. The van der Waals surface area contributed by atoms with E-state index in [2.05, 4.69) is 27.3 Å². The molecular weight excluding hydrogens is 440 g/mol. The fourth-order valence-electron chi connectivity index (χ4n) is 3.47. The van der Waals surface area contributed by atoms with Crippen LogP contribution in [0.1, 0.15) is 24.0 Å². The SMILES string of the molecule is CC(=O)NC1=C(C#N)[C@@H](c2ccc(Br)cc2)c2cc(Cl)c3ccccc3c2O1. The number of ether oxygens (including phenoxy) is 1. The van der Waals surface area contributed by atoms with Crippen LogP contribution in [-0.4, -0.2) is 5.91 Å². The lowest BCUT2D eigenvalue weighted by Crippen LogP contribution is -2.29. The first-order chi connectivity index (χ1) is 13.5. The number of nitrogens with one attached hydrogen (secondary N) is 1. The Morgan fingerprint density at radius 3 is 2.50 bits per heavy atom. The Morgan fingerprint density at radius 1 is 1.18 bits per heavy atom. The van der Waals surface area contributed by atoms with E-state index in [0.717, 1.165) is 26.4 Å². The molecular formula is C22H14BrClN2O2. The second-order valence-corrected chi connectivity index (χ2v) is 7.77. The number of hydrogen-bond acceptors (Lipinski definition) is 3. The molecule has 0 aromatic heterocycles. The van der Waals surface area contributed by atoms with Gasteiger partial charge in [-0.25, -0.2) is 0 Å². The van der Waals surface area contributed by atoms with Crippen LogP contribution in [0.5, 0.6) is 5.75 Å². The highest BCUT2D eigenvalue weighted by Gasteiger charge is 2.33. The van der Waals surface area contributed by atoms with Crippen molar-refractivity contribution in [2.24, 2.45) is 0 Å². The summed E-state index contributed by atoms with van der Waals surface area (Å²) >= 11 is 9.99. The van der Waals surface area contributed by atoms with Gasteiger partial charge in [0.25, 0.3) is 0 Å². The molecule has 0 fully saturated rings. The fraction of sp³-hybridized carbons (Fsp3) is 0.0909. The van der Waals surface area contributed by atoms with Crippen LogP contribution in [-0.2, 0) is 4.79 Å². The minimum atomic E-state index is -0.411. The van der Waals surface area contributed by atoms with Crippen LogP contribution in [0.25, 0.3) is 10.8 Å². The van der Waals surface area contributed by atoms with E-state index in [4.69, 9.17) is 16.3 Å². The highest BCUT2D eigenvalue weighted by molar-refractivity contribution is 9.10. The summed E-state index contributed by atoms with van der Waals surface area (Å²) in [5.41, 5.74) is 2.02. The number of nitriles is 1. The Labute approximate surface area is 175 Å². The number of carbonyl (C=O) groups excluding carboxylic acids is 1. The topological polar surface area (TPSA) is 62.1 Å². The first kappa shape index (κ1) is 18.5. The monoisotopic (exact) mass is 452 g/mol. The number of amides is 1. The number of rotatable bonds is 2. The molecule has 1 atom stereocenters. The van der Waals surface area contributed by atoms with E-state index < -0.39 is 5.92 Å². The van der Waals surface area contributed by atoms with E-state index in [0.29, 0.717) is 16.3 Å². The van der Waals surface area contributed by atoms with Crippen LogP contribution in [0.4, 0.5) is 0 Å². The summed E-state index contributed by atoms with van der Waals surface area (Å²) < 4.78 is 6.98. The lowest BCUT2D eigenvalue weighted by molar-refractivity contribution is -0.118. The molecule has 0 bridgehead atoms. The van der Waals surface area contributed by atoms with Crippen molar-refractivity contribution in [1.29, 1.82) is 5.26 Å². The van der Waals surface area contributed by atoms with Crippen LogP contribution in [0.15, 0.2) is 70.5 Å². The fourth-order valence-corrected chi connectivity index (χ4v) is 4.01. The van der Waals surface area contributed by atoms with Gasteiger partial charge in [0, 0.05) is 32.8 Å². The highest BCUT2D eigenvalue weighted by atomic mass is 79.9. The number of hydrogen-bond donors (Lipinski definition) is 1. The van der Waals surface area contributed by atoms with Crippen LogP contribution in [0, 0.1) is 11.3 Å². The molecule has 0 aliphatic carbocycles. The smallest absolute Gasteiger partial charge is 0.223 e. The third kappa shape index (κ3) is 3.15. The minimum absolute atomic E-state index is 0.155. The predicted octanol–water partition coefficient (Wildman–Crippen LogP) is 5.65. The van der Waals surface area contributed by atoms with E-state index in [9.17, 15) is 10.1 Å². The molecule has 1 amide bonds. The predicted molar refractivity (Wildman–Crippen MR) is 112 cm³/mol. The van der Waals surface area contributed by atoms with Crippen molar-refractivity contribution in [3.63, 3.8) is 0 Å². The van der Waals surface area contributed by atoms with Gasteiger partial charge < -0.3 is 4.74 Å². The number of benzene rings is 3. The van der Waals surface area contributed by atoms with Gasteiger partial charge in [0.05, 0.1) is 5.92 Å². The second kappa shape index (κ2) is 7.31. The number of halogens is 2. The number of fused-ring (bicyclic) bond motifs is 3. The third-order valence-electron chi connectivity index (χ3n) is 4.64. The molecule has 28 heavy (non-hydrogen) atoms. The first-order valence-electron chi connectivity index (χ1n) is 8.56. The van der Waals surface area contributed by atoms with Crippen molar-refractivity contribution in [1.82, 2.24) is 5.32 Å². The van der Waals surface area contributed by atoms with Crippen molar-refractivity contribution >= 4 is 44.2 Å². The Kier molecular flexibility index (Phi) is 4.84. The average molecular weight is 454 g/mol. The molecule has 0 saturated heterocycles. The van der Waals surface area contributed by atoms with Crippen molar-refractivity contribution in [3.05, 3.63) is 86.7 Å². The molecule has 0 radical (unpaired) electrons. The molecule has 0 saturated carbocycles. The van der Waals surface area contributed by atoms with Crippen LogP contribution < -0.4 is 10.1 Å². The van der Waals surface area contributed by atoms with Gasteiger partial charge in [-0.05, 0) is 23.8 Å². The Bertz CT molecular complexity index is 1180. The lowest BCUT2D eigenvalue weighted by Gasteiger charge is -2.29. The van der Waals surface area contributed by atoms with Gasteiger partial charge >= 0.3 is 0 Å². The van der Waals surface area contributed by atoms with Gasteiger partial charge in [-0.1, -0.05) is 63.9 Å². The summed E-state index contributed by atoms with van der Waals surface area (Å²) in [6, 6.07) is 19.4. The van der Waals surface area contributed by atoms with Crippen LogP contribution >= 0.6 is 27.5 Å². The van der Waals surface area contributed by atoms with E-state index in [1.54, 1.807) is 0 Å².